The highest BCUT2D eigenvalue weighted by Crippen LogP contribution is 2.40. The molecule has 0 aliphatic heterocycles. The van der Waals surface area contributed by atoms with Gasteiger partial charge in [0.05, 0.1) is 15.6 Å². The van der Waals surface area contributed by atoms with Gasteiger partial charge in [0.2, 0.25) is 0 Å². The lowest BCUT2D eigenvalue weighted by atomic mass is 10.1. The second-order valence-electron chi connectivity index (χ2n) is 5.15. The molecule has 0 radical (unpaired) electrons. The van der Waals surface area contributed by atoms with Crippen molar-refractivity contribution in [2.75, 3.05) is 0 Å². The molecule has 0 N–H and O–H groups in total. The highest BCUT2D eigenvalue weighted by molar-refractivity contribution is 9.10. The molecule has 3 aromatic rings. The molecular formula is C16H9BrClF4N3O. The van der Waals surface area contributed by atoms with Gasteiger partial charge in [0.1, 0.15) is 11.6 Å². The molecule has 10 heteroatoms. The average Bonchev–Trinajstić information content (AvgIpc) is 2.91. The zero-order valence-electron chi connectivity index (χ0n) is 13.0. The highest BCUT2D eigenvalue weighted by Gasteiger charge is 2.23. The van der Waals surface area contributed by atoms with E-state index in [0.29, 0.717) is 0 Å². The Kier molecular flexibility index (Phi) is 5.19. The Morgan fingerprint density at radius 1 is 1.12 bits per heavy atom. The molecule has 136 valence electrons. The summed E-state index contributed by atoms with van der Waals surface area (Å²) in [6.45, 7) is -3.09. The monoisotopic (exact) mass is 449 g/mol. The Hall–Kier alpha value is -2.13. The number of halogens is 6. The topological polar surface area (TPSA) is 39.9 Å². The van der Waals surface area contributed by atoms with E-state index in [1.807, 2.05) is 0 Å². The number of rotatable bonds is 4. The third-order valence-corrected chi connectivity index (χ3v) is 4.32. The van der Waals surface area contributed by atoms with Crippen molar-refractivity contribution < 1.29 is 22.3 Å². The zero-order valence-corrected chi connectivity index (χ0v) is 15.3. The summed E-state index contributed by atoms with van der Waals surface area (Å²) in [5.41, 5.74) is -0.297. The SMILES string of the molecule is Cn1c(-c2cc(Cl)cc(Br)c2OC(F)F)nnc1-c1c(F)cccc1F. The molecule has 3 rings (SSSR count). The molecule has 0 amide bonds. The minimum Gasteiger partial charge on any atom is -0.433 e. The van der Waals surface area contributed by atoms with Crippen LogP contribution in [0.2, 0.25) is 5.02 Å². The maximum absolute atomic E-state index is 14.0. The lowest BCUT2D eigenvalue weighted by Crippen LogP contribution is -2.06. The van der Waals surface area contributed by atoms with Crippen LogP contribution in [-0.4, -0.2) is 21.4 Å². The summed E-state index contributed by atoms with van der Waals surface area (Å²) in [6.07, 6.45) is 0. The largest absolute Gasteiger partial charge is 0.433 e. The lowest BCUT2D eigenvalue weighted by molar-refractivity contribution is -0.0499. The number of nitrogens with zero attached hydrogens (tertiary/aromatic N) is 3. The fourth-order valence-corrected chi connectivity index (χ4v) is 3.33. The molecule has 2 aromatic carbocycles. The van der Waals surface area contributed by atoms with Gasteiger partial charge in [-0.2, -0.15) is 8.78 Å². The summed E-state index contributed by atoms with van der Waals surface area (Å²) in [7, 11) is 1.44. The summed E-state index contributed by atoms with van der Waals surface area (Å²) >= 11 is 9.09. The molecule has 0 aliphatic carbocycles. The molecule has 0 atom stereocenters. The first-order valence-corrected chi connectivity index (χ1v) is 8.24. The second-order valence-corrected chi connectivity index (χ2v) is 6.44. The van der Waals surface area contributed by atoms with Crippen LogP contribution in [0.3, 0.4) is 0 Å². The van der Waals surface area contributed by atoms with Crippen molar-refractivity contribution in [3.8, 4) is 28.5 Å². The molecule has 0 unspecified atom stereocenters. The van der Waals surface area contributed by atoms with Crippen molar-refractivity contribution in [1.29, 1.82) is 0 Å². The van der Waals surface area contributed by atoms with E-state index in [4.69, 9.17) is 11.6 Å². The first kappa shape index (κ1) is 18.7. The van der Waals surface area contributed by atoms with E-state index in [1.54, 1.807) is 0 Å². The summed E-state index contributed by atoms with van der Waals surface area (Å²) in [4.78, 5) is 0. The molecular weight excluding hydrogens is 442 g/mol. The number of hydrogen-bond donors (Lipinski definition) is 0. The third-order valence-electron chi connectivity index (χ3n) is 3.52. The molecule has 0 aliphatic rings. The zero-order chi connectivity index (χ0) is 19.0. The fourth-order valence-electron chi connectivity index (χ4n) is 2.43. The maximum atomic E-state index is 14.0. The molecule has 0 bridgehead atoms. The average molecular weight is 451 g/mol. The van der Waals surface area contributed by atoms with E-state index >= 15 is 0 Å². The predicted octanol–water partition coefficient (Wildman–Crippen LogP) is 5.44. The maximum Gasteiger partial charge on any atom is 0.387 e. The standard InChI is InChI=1S/C16H9BrClF4N3O/c1-25-14(8-5-7(18)6-9(17)13(8)26-16(21)22)23-24-15(25)12-10(19)3-2-4-11(12)20/h2-6,16H,1H3. The van der Waals surface area contributed by atoms with Crippen LogP contribution >= 0.6 is 27.5 Å². The van der Waals surface area contributed by atoms with Gasteiger partial charge in [-0.3, -0.25) is 0 Å². The number of benzene rings is 2. The van der Waals surface area contributed by atoms with Crippen LogP contribution in [-0.2, 0) is 7.05 Å². The number of hydrogen-bond acceptors (Lipinski definition) is 3. The first-order valence-electron chi connectivity index (χ1n) is 7.07. The Morgan fingerprint density at radius 2 is 1.73 bits per heavy atom. The van der Waals surface area contributed by atoms with Crippen LogP contribution in [0.5, 0.6) is 5.75 Å². The van der Waals surface area contributed by atoms with E-state index in [0.717, 1.165) is 12.1 Å². The summed E-state index contributed by atoms with van der Waals surface area (Å²) < 4.78 is 59.5. The normalized spacial score (nSPS) is 11.2. The molecule has 1 heterocycles. The van der Waals surface area contributed by atoms with Crippen molar-refractivity contribution in [2.45, 2.75) is 6.61 Å². The van der Waals surface area contributed by atoms with E-state index in [9.17, 15) is 17.6 Å². The van der Waals surface area contributed by atoms with Gasteiger partial charge >= 0.3 is 6.61 Å². The van der Waals surface area contributed by atoms with Crippen molar-refractivity contribution in [3.05, 3.63) is 51.5 Å². The van der Waals surface area contributed by atoms with Crippen molar-refractivity contribution >= 4 is 27.5 Å². The van der Waals surface area contributed by atoms with E-state index in [-0.39, 0.29) is 38.0 Å². The van der Waals surface area contributed by atoms with Gasteiger partial charge < -0.3 is 9.30 Å². The van der Waals surface area contributed by atoms with Crippen LogP contribution < -0.4 is 4.74 Å². The van der Waals surface area contributed by atoms with Gasteiger partial charge in [-0.1, -0.05) is 17.7 Å². The molecule has 0 saturated carbocycles. The predicted molar refractivity (Wildman–Crippen MR) is 91.1 cm³/mol. The first-order chi connectivity index (χ1) is 12.3. The quantitative estimate of drug-likeness (QED) is 0.497. The van der Waals surface area contributed by atoms with Gasteiger partial charge in [0.25, 0.3) is 0 Å². The summed E-state index contributed by atoms with van der Waals surface area (Å²) in [6, 6.07) is 6.09. The van der Waals surface area contributed by atoms with E-state index in [1.165, 1.54) is 29.8 Å². The van der Waals surface area contributed by atoms with Gasteiger partial charge in [0.15, 0.2) is 17.4 Å². The number of aromatic nitrogens is 3. The molecule has 0 saturated heterocycles. The molecule has 0 fully saturated rings. The van der Waals surface area contributed by atoms with Crippen molar-refractivity contribution in [1.82, 2.24) is 14.8 Å². The minimum atomic E-state index is -3.09. The van der Waals surface area contributed by atoms with Gasteiger partial charge in [0, 0.05) is 12.1 Å². The van der Waals surface area contributed by atoms with Crippen LogP contribution in [0.15, 0.2) is 34.8 Å². The lowest BCUT2D eigenvalue weighted by Gasteiger charge is -2.13. The van der Waals surface area contributed by atoms with Crippen LogP contribution in [0.4, 0.5) is 17.6 Å². The van der Waals surface area contributed by atoms with Crippen LogP contribution in [0.1, 0.15) is 0 Å². The molecule has 0 spiro atoms. The smallest absolute Gasteiger partial charge is 0.387 e. The van der Waals surface area contributed by atoms with E-state index in [2.05, 4.69) is 30.9 Å². The highest BCUT2D eigenvalue weighted by atomic mass is 79.9. The third kappa shape index (κ3) is 3.41. The Bertz CT molecular complexity index is 960. The van der Waals surface area contributed by atoms with Gasteiger partial charge in [-0.05, 0) is 40.2 Å². The van der Waals surface area contributed by atoms with Crippen LogP contribution in [0.25, 0.3) is 22.8 Å². The second kappa shape index (κ2) is 7.24. The number of alkyl halides is 2. The Balaban J connectivity index is 2.20. The minimum absolute atomic E-state index is 0.0431. The van der Waals surface area contributed by atoms with Gasteiger partial charge in [-0.25, -0.2) is 8.78 Å². The number of ether oxygens (including phenoxy) is 1. The summed E-state index contributed by atoms with van der Waals surface area (Å²) in [5.74, 6) is -1.96. The Labute approximate surface area is 158 Å². The molecule has 1 aromatic heterocycles. The van der Waals surface area contributed by atoms with Gasteiger partial charge in [-0.15, -0.1) is 10.2 Å². The van der Waals surface area contributed by atoms with Crippen LogP contribution in [0, 0.1) is 11.6 Å². The molecule has 26 heavy (non-hydrogen) atoms. The Morgan fingerprint density at radius 3 is 2.35 bits per heavy atom. The fraction of sp³-hybridized carbons (Fsp3) is 0.125. The van der Waals surface area contributed by atoms with E-state index < -0.39 is 18.2 Å². The van der Waals surface area contributed by atoms with Crippen molar-refractivity contribution in [3.63, 3.8) is 0 Å². The molecule has 4 nitrogen and oxygen atoms in total. The summed E-state index contributed by atoms with van der Waals surface area (Å²) in [5, 5.41) is 7.88. The van der Waals surface area contributed by atoms with Crippen molar-refractivity contribution in [2.24, 2.45) is 7.05 Å².